The van der Waals surface area contributed by atoms with Crippen molar-refractivity contribution in [2.24, 2.45) is 5.92 Å². The first-order valence-electron chi connectivity index (χ1n) is 14.5. The highest BCUT2D eigenvalue weighted by Gasteiger charge is 2.53. The van der Waals surface area contributed by atoms with E-state index < -0.39 is 5.54 Å². The van der Waals surface area contributed by atoms with Crippen molar-refractivity contribution in [3.63, 3.8) is 0 Å². The number of para-hydroxylation sites is 1. The number of hydrogen-bond acceptors (Lipinski definition) is 6. The Labute approximate surface area is 237 Å². The summed E-state index contributed by atoms with van der Waals surface area (Å²) >= 11 is 0. The highest BCUT2D eigenvalue weighted by molar-refractivity contribution is 6.06. The Balaban J connectivity index is 1.27. The Bertz CT molecular complexity index is 1180. The van der Waals surface area contributed by atoms with Crippen LogP contribution < -0.4 is 15.1 Å². The summed E-state index contributed by atoms with van der Waals surface area (Å²) in [6.07, 6.45) is 7.48. The molecule has 0 aliphatic carbocycles. The first-order valence-corrected chi connectivity index (χ1v) is 14.5. The van der Waals surface area contributed by atoms with Crippen molar-refractivity contribution in [1.82, 2.24) is 10.2 Å². The Morgan fingerprint density at radius 2 is 1.85 bits per heavy atom. The number of piperidine rings is 1. The number of amides is 2. The zero-order valence-corrected chi connectivity index (χ0v) is 23.7. The number of methoxy groups -OCH3 is 1. The van der Waals surface area contributed by atoms with Crippen LogP contribution in [0.15, 0.2) is 66.7 Å². The van der Waals surface area contributed by atoms with Gasteiger partial charge in [0.1, 0.15) is 5.54 Å². The lowest BCUT2D eigenvalue weighted by atomic mass is 9.86. The third kappa shape index (κ3) is 5.53. The molecule has 0 saturated carbocycles. The molecule has 0 radical (unpaired) electrons. The molecule has 2 aromatic rings. The molecule has 5 rings (SSSR count). The minimum atomic E-state index is -0.524. The number of nitrogens with zero attached hydrogens (tertiary/aromatic N) is 3. The lowest BCUT2D eigenvalue weighted by molar-refractivity contribution is -0.131. The van der Waals surface area contributed by atoms with E-state index in [1.807, 2.05) is 59.5 Å². The van der Waals surface area contributed by atoms with E-state index in [9.17, 15) is 14.7 Å². The molecule has 0 unspecified atom stereocenters. The number of carbonyl (C=O) groups is 2. The van der Waals surface area contributed by atoms with Crippen molar-refractivity contribution < 1.29 is 19.4 Å². The molecular formula is C32H42N4O4. The maximum atomic E-state index is 13.9. The van der Waals surface area contributed by atoms with Crippen molar-refractivity contribution in [3.8, 4) is 0 Å². The lowest BCUT2D eigenvalue weighted by Gasteiger charge is -2.39. The van der Waals surface area contributed by atoms with Gasteiger partial charge in [-0.05, 0) is 68.6 Å². The minimum absolute atomic E-state index is 0.0269. The van der Waals surface area contributed by atoms with E-state index in [-0.39, 0.29) is 36.5 Å². The first-order chi connectivity index (χ1) is 19.5. The maximum absolute atomic E-state index is 13.9. The van der Waals surface area contributed by atoms with Gasteiger partial charge in [-0.25, -0.2) is 0 Å². The van der Waals surface area contributed by atoms with Crippen LogP contribution in [0.4, 0.5) is 11.4 Å². The Morgan fingerprint density at radius 3 is 2.52 bits per heavy atom. The molecule has 8 nitrogen and oxygen atoms in total. The van der Waals surface area contributed by atoms with Crippen molar-refractivity contribution in [1.29, 1.82) is 0 Å². The molecule has 2 amide bonds. The standard InChI is InChI=1S/C32H42N4O4/c1-24(8-6-12-29(38)34-21-7-11-28(34)22-37)30(40-2)25-13-15-26(16-14-25)35-23-36(27-9-4-3-5-10-27)32(31(35)39)17-19-33-20-18-32/h3-6,8-10,13-16,24,28,30,33,37H,7,11-12,17-23H2,1-2H3/b8-6+/t24-,28+,30+/m1/s1. The molecule has 3 aliphatic heterocycles. The number of aliphatic hydroxyl groups is 1. The number of likely N-dealkylation sites (tertiary alicyclic amines) is 1. The Kier molecular flexibility index (Phi) is 8.88. The number of benzene rings is 2. The van der Waals surface area contributed by atoms with Gasteiger partial charge in [0, 0.05) is 37.4 Å². The molecule has 2 aromatic carbocycles. The summed E-state index contributed by atoms with van der Waals surface area (Å²) in [5.74, 6) is 0.275. The molecule has 0 bridgehead atoms. The van der Waals surface area contributed by atoms with Gasteiger partial charge in [-0.2, -0.15) is 0 Å². The second kappa shape index (κ2) is 12.5. The molecule has 3 fully saturated rings. The van der Waals surface area contributed by atoms with Crippen LogP contribution in [0.5, 0.6) is 0 Å². The number of ether oxygens (including phenoxy) is 1. The van der Waals surface area contributed by atoms with Crippen LogP contribution in [0.2, 0.25) is 0 Å². The lowest BCUT2D eigenvalue weighted by Crippen LogP contribution is -2.55. The van der Waals surface area contributed by atoms with Crippen LogP contribution >= 0.6 is 0 Å². The van der Waals surface area contributed by atoms with Crippen molar-refractivity contribution in [3.05, 3.63) is 72.3 Å². The van der Waals surface area contributed by atoms with Gasteiger partial charge in [0.15, 0.2) is 0 Å². The number of rotatable bonds is 9. The van der Waals surface area contributed by atoms with Crippen LogP contribution in [-0.2, 0) is 14.3 Å². The van der Waals surface area contributed by atoms with Crippen molar-refractivity contribution in [2.75, 3.05) is 49.8 Å². The fraction of sp³-hybridized carbons (Fsp3) is 0.500. The van der Waals surface area contributed by atoms with Gasteiger partial charge in [0.05, 0.1) is 25.4 Å². The van der Waals surface area contributed by atoms with Gasteiger partial charge >= 0.3 is 0 Å². The van der Waals surface area contributed by atoms with E-state index in [1.54, 1.807) is 12.0 Å². The summed E-state index contributed by atoms with van der Waals surface area (Å²) in [6, 6.07) is 18.3. The van der Waals surface area contributed by atoms with Gasteiger partial charge in [0.25, 0.3) is 5.91 Å². The van der Waals surface area contributed by atoms with Gasteiger partial charge in [-0.1, -0.05) is 49.4 Å². The second-order valence-electron chi connectivity index (χ2n) is 11.2. The monoisotopic (exact) mass is 546 g/mol. The smallest absolute Gasteiger partial charge is 0.254 e. The summed E-state index contributed by atoms with van der Waals surface area (Å²) in [4.78, 5) is 32.5. The zero-order chi connectivity index (χ0) is 28.1. The molecule has 3 aliphatic rings. The zero-order valence-electron chi connectivity index (χ0n) is 23.7. The van der Waals surface area contributed by atoms with Crippen LogP contribution in [0.25, 0.3) is 0 Å². The third-order valence-corrected chi connectivity index (χ3v) is 8.85. The molecule has 3 saturated heterocycles. The molecule has 8 heteroatoms. The number of hydrogen-bond donors (Lipinski definition) is 2. The van der Waals surface area contributed by atoms with Gasteiger partial charge in [-0.15, -0.1) is 0 Å². The summed E-state index contributed by atoms with van der Waals surface area (Å²) in [5, 5.41) is 12.9. The van der Waals surface area contributed by atoms with E-state index in [0.29, 0.717) is 13.1 Å². The summed E-state index contributed by atoms with van der Waals surface area (Å²) in [6.45, 7) is 5.01. The third-order valence-electron chi connectivity index (χ3n) is 8.85. The van der Waals surface area contributed by atoms with Crippen molar-refractivity contribution in [2.45, 2.75) is 56.7 Å². The van der Waals surface area contributed by atoms with E-state index in [2.05, 4.69) is 29.3 Å². The quantitative estimate of drug-likeness (QED) is 0.465. The van der Waals surface area contributed by atoms with Crippen LogP contribution in [0, 0.1) is 5.92 Å². The van der Waals surface area contributed by atoms with E-state index in [1.165, 1.54) is 0 Å². The minimum Gasteiger partial charge on any atom is -0.394 e. The Morgan fingerprint density at radius 1 is 1.12 bits per heavy atom. The van der Waals surface area contributed by atoms with Crippen LogP contribution in [-0.4, -0.2) is 73.4 Å². The normalized spacial score (nSPS) is 22.4. The van der Waals surface area contributed by atoms with E-state index >= 15 is 0 Å². The highest BCUT2D eigenvalue weighted by Crippen LogP contribution is 2.40. The molecule has 1 spiro atoms. The summed E-state index contributed by atoms with van der Waals surface area (Å²) in [5.41, 5.74) is 2.46. The molecule has 214 valence electrons. The molecule has 40 heavy (non-hydrogen) atoms. The van der Waals surface area contributed by atoms with Gasteiger partial charge < -0.3 is 25.0 Å². The van der Waals surface area contributed by atoms with Crippen LogP contribution in [0.1, 0.15) is 50.7 Å². The largest absolute Gasteiger partial charge is 0.394 e. The molecular weight excluding hydrogens is 504 g/mol. The maximum Gasteiger partial charge on any atom is 0.254 e. The van der Waals surface area contributed by atoms with E-state index in [0.717, 1.165) is 62.3 Å². The van der Waals surface area contributed by atoms with Crippen LogP contribution in [0.3, 0.4) is 0 Å². The number of nitrogens with one attached hydrogen (secondary N) is 1. The SMILES string of the molecule is CO[C@H](c1ccc(N2CN(c3ccccc3)C3(CCNCC3)C2=O)cc1)[C@H](C)/C=C/CC(=O)N1CCC[C@H]1CO. The number of anilines is 2. The predicted octanol–water partition coefficient (Wildman–Crippen LogP) is 3.87. The Hall–Kier alpha value is -3.20. The highest BCUT2D eigenvalue weighted by atomic mass is 16.5. The molecule has 3 atom stereocenters. The first kappa shape index (κ1) is 28.3. The van der Waals surface area contributed by atoms with E-state index in [4.69, 9.17) is 4.74 Å². The average Bonchev–Trinajstić information content (AvgIpc) is 3.58. The van der Waals surface area contributed by atoms with Crippen molar-refractivity contribution >= 4 is 23.2 Å². The number of carbonyl (C=O) groups excluding carboxylic acids is 2. The second-order valence-corrected chi connectivity index (χ2v) is 11.2. The molecule has 3 heterocycles. The average molecular weight is 547 g/mol. The summed E-state index contributed by atoms with van der Waals surface area (Å²) in [7, 11) is 1.70. The van der Waals surface area contributed by atoms with Gasteiger partial charge in [-0.3, -0.25) is 14.5 Å². The predicted molar refractivity (Wildman–Crippen MR) is 157 cm³/mol. The molecule has 0 aromatic heterocycles. The fourth-order valence-electron chi connectivity index (χ4n) is 6.62. The van der Waals surface area contributed by atoms with Gasteiger partial charge in [0.2, 0.25) is 5.91 Å². The topological polar surface area (TPSA) is 85.4 Å². The fourth-order valence-corrected chi connectivity index (χ4v) is 6.62. The number of aliphatic hydroxyl groups excluding tert-OH is 1. The summed E-state index contributed by atoms with van der Waals surface area (Å²) < 4.78 is 5.87. The molecule has 2 N–H and O–H groups in total.